The van der Waals surface area contributed by atoms with Crippen molar-refractivity contribution in [3.8, 4) is 0 Å². The third kappa shape index (κ3) is 4.94. The van der Waals surface area contributed by atoms with Gasteiger partial charge in [0.15, 0.2) is 0 Å². The molecule has 1 aliphatic carbocycles. The number of rotatable bonds is 5. The lowest BCUT2D eigenvalue weighted by Crippen LogP contribution is -2.41. The van der Waals surface area contributed by atoms with Gasteiger partial charge in [-0.05, 0) is 43.7 Å². The highest BCUT2D eigenvalue weighted by atomic mass is 16.2. The maximum Gasteiger partial charge on any atom is 0.224 e. The fourth-order valence-electron chi connectivity index (χ4n) is 3.93. The SMILES string of the molecule is NC(=O)[C@H]1CCCN(c2ccc(NC(=O)CC3CCCCC3)cn2)C1. The Balaban J connectivity index is 1.53. The highest BCUT2D eigenvalue weighted by molar-refractivity contribution is 5.90. The predicted molar refractivity (Wildman–Crippen MR) is 98.2 cm³/mol. The number of carbonyl (C=O) groups excluding carboxylic acids is 2. The van der Waals surface area contributed by atoms with Crippen molar-refractivity contribution in [2.75, 3.05) is 23.3 Å². The van der Waals surface area contributed by atoms with Crippen LogP contribution in [0.3, 0.4) is 0 Å². The van der Waals surface area contributed by atoms with Crippen LogP contribution in [0.25, 0.3) is 0 Å². The Bertz CT molecular complexity index is 596. The first-order valence-electron chi connectivity index (χ1n) is 9.42. The molecule has 0 spiro atoms. The summed E-state index contributed by atoms with van der Waals surface area (Å²) in [6, 6.07) is 3.79. The first-order chi connectivity index (χ1) is 12.1. The Morgan fingerprint density at radius 2 is 1.96 bits per heavy atom. The van der Waals surface area contributed by atoms with Crippen LogP contribution in [0, 0.1) is 11.8 Å². The van der Waals surface area contributed by atoms with Gasteiger partial charge in [0.05, 0.1) is 17.8 Å². The molecule has 2 amide bonds. The molecular weight excluding hydrogens is 316 g/mol. The first kappa shape index (κ1) is 17.7. The van der Waals surface area contributed by atoms with Crippen LogP contribution in [0.15, 0.2) is 18.3 Å². The van der Waals surface area contributed by atoms with Crippen molar-refractivity contribution in [1.82, 2.24) is 4.98 Å². The molecule has 0 aromatic carbocycles. The molecule has 0 bridgehead atoms. The summed E-state index contributed by atoms with van der Waals surface area (Å²) in [5.41, 5.74) is 6.16. The second-order valence-corrected chi connectivity index (χ2v) is 7.35. The van der Waals surface area contributed by atoms with Crippen molar-refractivity contribution < 1.29 is 9.59 Å². The van der Waals surface area contributed by atoms with Crippen molar-refractivity contribution in [2.24, 2.45) is 17.6 Å². The first-order valence-corrected chi connectivity index (χ1v) is 9.42. The van der Waals surface area contributed by atoms with Crippen LogP contribution < -0.4 is 16.0 Å². The number of anilines is 2. The second-order valence-electron chi connectivity index (χ2n) is 7.35. The Hall–Kier alpha value is -2.11. The van der Waals surface area contributed by atoms with Gasteiger partial charge in [0, 0.05) is 19.5 Å². The van der Waals surface area contributed by atoms with Gasteiger partial charge in [-0.3, -0.25) is 9.59 Å². The number of aromatic nitrogens is 1. The molecule has 1 saturated carbocycles. The van der Waals surface area contributed by atoms with Crippen LogP contribution in [0.4, 0.5) is 11.5 Å². The molecule has 6 heteroatoms. The minimum absolute atomic E-state index is 0.0771. The number of primary amides is 1. The summed E-state index contributed by atoms with van der Waals surface area (Å²) < 4.78 is 0. The van der Waals surface area contributed by atoms with E-state index in [2.05, 4.69) is 15.2 Å². The van der Waals surface area contributed by atoms with Crippen LogP contribution in [0.5, 0.6) is 0 Å². The lowest BCUT2D eigenvalue weighted by molar-refractivity contribution is -0.122. The molecule has 0 radical (unpaired) electrons. The molecule has 2 heterocycles. The monoisotopic (exact) mass is 344 g/mol. The number of nitrogens with two attached hydrogens (primary N) is 1. The number of pyridine rings is 1. The van der Waals surface area contributed by atoms with Crippen LogP contribution in [0.2, 0.25) is 0 Å². The van der Waals surface area contributed by atoms with E-state index >= 15 is 0 Å². The van der Waals surface area contributed by atoms with Gasteiger partial charge in [-0.2, -0.15) is 0 Å². The minimum Gasteiger partial charge on any atom is -0.369 e. The molecule has 2 aliphatic rings. The zero-order valence-corrected chi connectivity index (χ0v) is 14.7. The summed E-state index contributed by atoms with van der Waals surface area (Å²) in [5.74, 6) is 1.09. The molecule has 1 atom stereocenters. The number of carbonyl (C=O) groups is 2. The van der Waals surface area contributed by atoms with Gasteiger partial charge in [0.1, 0.15) is 5.82 Å². The summed E-state index contributed by atoms with van der Waals surface area (Å²) in [5, 5.41) is 2.95. The summed E-state index contributed by atoms with van der Waals surface area (Å²) in [7, 11) is 0. The number of hydrogen-bond acceptors (Lipinski definition) is 4. The van der Waals surface area contributed by atoms with E-state index in [1.54, 1.807) is 6.20 Å². The van der Waals surface area contributed by atoms with Gasteiger partial charge in [0.2, 0.25) is 11.8 Å². The molecule has 1 saturated heterocycles. The quantitative estimate of drug-likeness (QED) is 0.859. The molecule has 1 aromatic rings. The third-order valence-corrected chi connectivity index (χ3v) is 5.38. The van der Waals surface area contributed by atoms with Crippen LogP contribution in [-0.4, -0.2) is 29.9 Å². The van der Waals surface area contributed by atoms with Crippen LogP contribution in [0.1, 0.15) is 51.4 Å². The van der Waals surface area contributed by atoms with Crippen molar-refractivity contribution in [1.29, 1.82) is 0 Å². The van der Waals surface area contributed by atoms with Gasteiger partial charge in [0.25, 0.3) is 0 Å². The maximum atomic E-state index is 12.2. The summed E-state index contributed by atoms with van der Waals surface area (Å²) >= 11 is 0. The Labute approximate surface area is 149 Å². The van der Waals surface area contributed by atoms with Crippen LogP contribution >= 0.6 is 0 Å². The van der Waals surface area contributed by atoms with E-state index in [0.717, 1.165) is 30.9 Å². The zero-order chi connectivity index (χ0) is 17.6. The fraction of sp³-hybridized carbons (Fsp3) is 0.632. The molecule has 2 fully saturated rings. The minimum atomic E-state index is -0.240. The van der Waals surface area contributed by atoms with E-state index < -0.39 is 0 Å². The van der Waals surface area contributed by atoms with Gasteiger partial charge < -0.3 is 16.0 Å². The lowest BCUT2D eigenvalue weighted by Gasteiger charge is -2.32. The molecule has 3 N–H and O–H groups in total. The van der Waals surface area contributed by atoms with E-state index in [0.29, 0.717) is 18.9 Å². The average Bonchev–Trinajstić information content (AvgIpc) is 2.63. The topological polar surface area (TPSA) is 88.3 Å². The number of nitrogens with one attached hydrogen (secondary N) is 1. The molecule has 1 aliphatic heterocycles. The molecule has 0 unspecified atom stereocenters. The zero-order valence-electron chi connectivity index (χ0n) is 14.7. The van der Waals surface area contributed by atoms with Gasteiger partial charge >= 0.3 is 0 Å². The largest absolute Gasteiger partial charge is 0.369 e. The average molecular weight is 344 g/mol. The Morgan fingerprint density at radius 1 is 1.16 bits per heavy atom. The van der Waals surface area contributed by atoms with E-state index in [-0.39, 0.29) is 17.7 Å². The van der Waals surface area contributed by atoms with E-state index in [1.165, 1.54) is 32.1 Å². The Morgan fingerprint density at radius 3 is 2.64 bits per heavy atom. The molecule has 136 valence electrons. The van der Waals surface area contributed by atoms with Crippen LogP contribution in [-0.2, 0) is 9.59 Å². The highest BCUT2D eigenvalue weighted by Gasteiger charge is 2.24. The molecular formula is C19H28N4O2. The maximum absolute atomic E-state index is 12.2. The Kier molecular flexibility index (Phi) is 5.89. The molecule has 3 rings (SSSR count). The van der Waals surface area contributed by atoms with Gasteiger partial charge in [-0.1, -0.05) is 19.3 Å². The number of amides is 2. The van der Waals surface area contributed by atoms with Crippen molar-refractivity contribution >= 4 is 23.3 Å². The van der Waals surface area contributed by atoms with Gasteiger partial charge in [-0.25, -0.2) is 4.98 Å². The van der Waals surface area contributed by atoms with Gasteiger partial charge in [-0.15, -0.1) is 0 Å². The van der Waals surface area contributed by atoms with E-state index in [4.69, 9.17) is 5.73 Å². The van der Waals surface area contributed by atoms with Crippen molar-refractivity contribution in [3.63, 3.8) is 0 Å². The lowest BCUT2D eigenvalue weighted by atomic mass is 9.87. The third-order valence-electron chi connectivity index (χ3n) is 5.38. The highest BCUT2D eigenvalue weighted by Crippen LogP contribution is 2.27. The standard InChI is InChI=1S/C19H28N4O2/c20-19(25)15-7-4-10-23(13-15)17-9-8-16(12-21-17)22-18(24)11-14-5-2-1-3-6-14/h8-9,12,14-15H,1-7,10-11,13H2,(H2,20,25)(H,22,24)/t15-/m0/s1. The number of piperidine rings is 1. The van der Waals surface area contributed by atoms with Crippen molar-refractivity contribution in [2.45, 2.75) is 51.4 Å². The molecule has 1 aromatic heterocycles. The van der Waals surface area contributed by atoms with Crippen molar-refractivity contribution in [3.05, 3.63) is 18.3 Å². The molecule has 25 heavy (non-hydrogen) atoms. The fourth-order valence-corrected chi connectivity index (χ4v) is 3.93. The number of hydrogen-bond donors (Lipinski definition) is 2. The van der Waals surface area contributed by atoms with E-state index in [9.17, 15) is 9.59 Å². The second kappa shape index (κ2) is 8.32. The number of nitrogens with zero attached hydrogens (tertiary/aromatic N) is 2. The summed E-state index contributed by atoms with van der Waals surface area (Å²) in [6.07, 6.45) is 10.2. The molecule has 6 nitrogen and oxygen atoms in total. The summed E-state index contributed by atoms with van der Waals surface area (Å²) in [4.78, 5) is 30.1. The van der Waals surface area contributed by atoms with E-state index in [1.807, 2.05) is 12.1 Å². The summed E-state index contributed by atoms with van der Waals surface area (Å²) in [6.45, 7) is 1.50. The smallest absolute Gasteiger partial charge is 0.224 e. The predicted octanol–water partition coefficient (Wildman–Crippen LogP) is 2.69. The normalized spacial score (nSPS) is 21.8.